The number of halogens is 3. The lowest BCUT2D eigenvalue weighted by Gasteiger charge is -2.16. The Kier molecular flexibility index (Phi) is 3.78. The van der Waals surface area contributed by atoms with Crippen molar-refractivity contribution >= 4 is 25.6 Å². The first-order chi connectivity index (χ1) is 8.75. The minimum absolute atomic E-state index is 0.0452. The quantitative estimate of drug-likeness (QED) is 0.798. The maximum absolute atomic E-state index is 13.0. The molecule has 0 bridgehead atoms. The van der Waals surface area contributed by atoms with Crippen LogP contribution in [0.5, 0.6) is 0 Å². The molecular formula is C11H10ClF2NO3S. The molecule has 1 aliphatic rings. The summed E-state index contributed by atoms with van der Waals surface area (Å²) in [5.41, 5.74) is 0.262. The van der Waals surface area contributed by atoms with Gasteiger partial charge in [0.1, 0.15) is 16.9 Å². The Labute approximate surface area is 113 Å². The third-order valence-corrected chi connectivity index (χ3v) is 4.74. The average molecular weight is 310 g/mol. The van der Waals surface area contributed by atoms with Crippen molar-refractivity contribution in [1.82, 2.24) is 4.90 Å². The lowest BCUT2D eigenvalue weighted by Crippen LogP contribution is -2.26. The van der Waals surface area contributed by atoms with Crippen LogP contribution in [0.1, 0.15) is 12.0 Å². The lowest BCUT2D eigenvalue weighted by atomic mass is 10.2. The first-order valence-corrected chi connectivity index (χ1v) is 7.79. The summed E-state index contributed by atoms with van der Waals surface area (Å²) in [6, 6.07) is 2.92. The molecule has 0 saturated carbocycles. The number of hydrogen-bond donors (Lipinski definition) is 0. The summed E-state index contributed by atoms with van der Waals surface area (Å²) in [5.74, 6) is -1.90. The van der Waals surface area contributed by atoms with Gasteiger partial charge >= 0.3 is 0 Å². The van der Waals surface area contributed by atoms with E-state index in [2.05, 4.69) is 0 Å². The topological polar surface area (TPSA) is 54.5 Å². The molecule has 4 nitrogen and oxygen atoms in total. The molecule has 1 fully saturated rings. The molecule has 0 N–H and O–H groups in total. The maximum Gasteiger partial charge on any atom is 0.237 e. The molecule has 1 atom stereocenters. The predicted octanol–water partition coefficient (Wildman–Crippen LogP) is 1.63. The van der Waals surface area contributed by atoms with E-state index >= 15 is 0 Å². The second-order valence-electron chi connectivity index (χ2n) is 4.35. The summed E-state index contributed by atoms with van der Waals surface area (Å²) in [6.07, 6.45) is -0.205. The molecule has 1 amide bonds. The summed E-state index contributed by atoms with van der Waals surface area (Å²) < 4.78 is 48.3. The van der Waals surface area contributed by atoms with Gasteiger partial charge in [0.25, 0.3) is 0 Å². The zero-order valence-corrected chi connectivity index (χ0v) is 11.2. The van der Waals surface area contributed by atoms with Gasteiger partial charge in [0, 0.05) is 36.3 Å². The van der Waals surface area contributed by atoms with Crippen LogP contribution in [-0.4, -0.2) is 31.0 Å². The Hall–Kier alpha value is -1.21. The van der Waals surface area contributed by atoms with Crippen molar-refractivity contribution < 1.29 is 22.0 Å². The second kappa shape index (κ2) is 5.05. The molecule has 1 aromatic rings. The molecule has 2 rings (SSSR count). The van der Waals surface area contributed by atoms with E-state index in [0.717, 1.165) is 18.2 Å². The zero-order chi connectivity index (χ0) is 14.2. The molecule has 0 aromatic heterocycles. The van der Waals surface area contributed by atoms with Gasteiger partial charge in [-0.15, -0.1) is 0 Å². The Balaban J connectivity index is 2.14. The van der Waals surface area contributed by atoms with Crippen LogP contribution < -0.4 is 0 Å². The molecule has 1 aliphatic heterocycles. The molecular weight excluding hydrogens is 300 g/mol. The highest BCUT2D eigenvalue weighted by Crippen LogP contribution is 2.23. The first kappa shape index (κ1) is 14.2. The predicted molar refractivity (Wildman–Crippen MR) is 65.0 cm³/mol. The van der Waals surface area contributed by atoms with Gasteiger partial charge in [-0.25, -0.2) is 17.2 Å². The summed E-state index contributed by atoms with van der Waals surface area (Å²) in [5, 5.41) is -0.972. The van der Waals surface area contributed by atoms with Gasteiger partial charge in [0.05, 0.1) is 0 Å². The first-order valence-electron chi connectivity index (χ1n) is 5.42. The van der Waals surface area contributed by atoms with Crippen molar-refractivity contribution in [3.05, 3.63) is 35.4 Å². The van der Waals surface area contributed by atoms with Crippen molar-refractivity contribution in [1.29, 1.82) is 0 Å². The third kappa shape index (κ3) is 3.42. The minimum atomic E-state index is -3.82. The van der Waals surface area contributed by atoms with Gasteiger partial charge in [-0.2, -0.15) is 0 Å². The van der Waals surface area contributed by atoms with Crippen LogP contribution in [0.25, 0.3) is 0 Å². The van der Waals surface area contributed by atoms with Crippen molar-refractivity contribution in [2.75, 3.05) is 6.54 Å². The van der Waals surface area contributed by atoms with Gasteiger partial charge in [0.15, 0.2) is 0 Å². The number of nitrogens with zero attached hydrogens (tertiary/aromatic N) is 1. The fourth-order valence-electron chi connectivity index (χ4n) is 2.00. The van der Waals surface area contributed by atoms with Crippen LogP contribution in [-0.2, 0) is 20.4 Å². The van der Waals surface area contributed by atoms with E-state index in [4.69, 9.17) is 10.7 Å². The van der Waals surface area contributed by atoms with Crippen LogP contribution in [0.3, 0.4) is 0 Å². The molecule has 8 heteroatoms. The highest BCUT2D eigenvalue weighted by molar-refractivity contribution is 8.14. The fraction of sp³-hybridized carbons (Fsp3) is 0.364. The Morgan fingerprint density at radius 1 is 1.26 bits per heavy atom. The normalized spacial score (nSPS) is 20.1. The van der Waals surface area contributed by atoms with E-state index < -0.39 is 31.8 Å². The maximum atomic E-state index is 13.0. The van der Waals surface area contributed by atoms with E-state index in [-0.39, 0.29) is 25.1 Å². The monoisotopic (exact) mass is 309 g/mol. The lowest BCUT2D eigenvalue weighted by molar-refractivity contribution is -0.128. The second-order valence-corrected chi connectivity index (χ2v) is 7.26. The summed E-state index contributed by atoms with van der Waals surface area (Å²) in [7, 11) is 1.38. The zero-order valence-electron chi connectivity index (χ0n) is 9.64. The average Bonchev–Trinajstić information content (AvgIpc) is 2.58. The van der Waals surface area contributed by atoms with Gasteiger partial charge in [-0.3, -0.25) is 4.79 Å². The molecule has 1 saturated heterocycles. The highest BCUT2D eigenvalue weighted by atomic mass is 35.7. The van der Waals surface area contributed by atoms with E-state index in [1.165, 1.54) is 4.90 Å². The minimum Gasteiger partial charge on any atom is -0.337 e. The highest BCUT2D eigenvalue weighted by Gasteiger charge is 2.37. The molecule has 1 heterocycles. The van der Waals surface area contributed by atoms with E-state index in [1.807, 2.05) is 0 Å². The SMILES string of the molecule is O=C1CC(S(=O)(=O)Cl)CN1Cc1cc(F)cc(F)c1. The number of likely N-dealkylation sites (tertiary alicyclic amines) is 1. The van der Waals surface area contributed by atoms with Gasteiger partial charge in [-0.1, -0.05) is 0 Å². The fourth-order valence-corrected chi connectivity index (χ4v) is 3.06. The Bertz CT molecular complexity index is 600. The Morgan fingerprint density at radius 3 is 2.32 bits per heavy atom. The van der Waals surface area contributed by atoms with Crippen LogP contribution >= 0.6 is 10.7 Å². The molecule has 0 radical (unpaired) electrons. The molecule has 0 spiro atoms. The van der Waals surface area contributed by atoms with Gasteiger partial charge in [-0.05, 0) is 17.7 Å². The summed E-state index contributed by atoms with van der Waals surface area (Å²) in [6.45, 7) is -0.112. The molecule has 0 aliphatic carbocycles. The van der Waals surface area contributed by atoms with Crippen molar-refractivity contribution in [2.24, 2.45) is 0 Å². The Morgan fingerprint density at radius 2 is 1.84 bits per heavy atom. The smallest absolute Gasteiger partial charge is 0.237 e. The van der Waals surface area contributed by atoms with Gasteiger partial charge in [0.2, 0.25) is 15.0 Å². The van der Waals surface area contributed by atoms with E-state index in [1.54, 1.807) is 0 Å². The third-order valence-electron chi connectivity index (χ3n) is 2.87. The number of hydrogen-bond acceptors (Lipinski definition) is 3. The number of rotatable bonds is 3. The van der Waals surface area contributed by atoms with Gasteiger partial charge < -0.3 is 4.90 Å². The van der Waals surface area contributed by atoms with Crippen LogP contribution in [0.2, 0.25) is 0 Å². The molecule has 1 aromatic carbocycles. The standard InChI is InChI=1S/C11H10ClF2NO3S/c12-19(17,18)10-4-11(16)15(6-10)5-7-1-8(13)3-9(14)2-7/h1-3,10H,4-6H2. The van der Waals surface area contributed by atoms with Crippen molar-refractivity contribution in [2.45, 2.75) is 18.2 Å². The molecule has 1 unspecified atom stereocenters. The van der Waals surface area contributed by atoms with E-state index in [0.29, 0.717) is 0 Å². The van der Waals surface area contributed by atoms with Crippen LogP contribution in [0.4, 0.5) is 8.78 Å². The van der Waals surface area contributed by atoms with Crippen LogP contribution in [0.15, 0.2) is 18.2 Å². The summed E-state index contributed by atoms with van der Waals surface area (Å²) >= 11 is 0. The number of amides is 1. The summed E-state index contributed by atoms with van der Waals surface area (Å²) in [4.78, 5) is 12.8. The van der Waals surface area contributed by atoms with Crippen molar-refractivity contribution in [3.8, 4) is 0 Å². The molecule has 104 valence electrons. The number of carbonyl (C=O) groups excluding carboxylic acids is 1. The largest absolute Gasteiger partial charge is 0.337 e. The number of benzene rings is 1. The van der Waals surface area contributed by atoms with E-state index in [9.17, 15) is 22.0 Å². The number of carbonyl (C=O) groups is 1. The van der Waals surface area contributed by atoms with Crippen LogP contribution in [0, 0.1) is 11.6 Å². The molecule has 19 heavy (non-hydrogen) atoms. The van der Waals surface area contributed by atoms with Crippen molar-refractivity contribution in [3.63, 3.8) is 0 Å².